The molecule has 3 aliphatic rings. The van der Waals surface area contributed by atoms with Crippen molar-refractivity contribution in [3.8, 4) is 0 Å². The van der Waals surface area contributed by atoms with E-state index in [1.165, 1.54) is 58.0 Å². The van der Waals surface area contributed by atoms with Crippen molar-refractivity contribution in [2.24, 2.45) is 10.8 Å². The Balaban J connectivity index is 1.50. The van der Waals surface area contributed by atoms with Crippen LogP contribution in [0.5, 0.6) is 0 Å². The SMILES string of the molecule is OCC1(CN2CCC3(CCCCC3)CC2)COC1. The number of hydrogen-bond acceptors (Lipinski definition) is 3. The summed E-state index contributed by atoms with van der Waals surface area (Å²) < 4.78 is 5.29. The molecule has 3 heteroatoms. The molecule has 0 aromatic rings. The van der Waals surface area contributed by atoms with Gasteiger partial charge in [0.1, 0.15) is 0 Å². The van der Waals surface area contributed by atoms with E-state index < -0.39 is 0 Å². The summed E-state index contributed by atoms with van der Waals surface area (Å²) in [5.41, 5.74) is 0.758. The molecular weight excluding hydrogens is 226 g/mol. The van der Waals surface area contributed by atoms with E-state index in [0.29, 0.717) is 5.41 Å². The molecule has 3 nitrogen and oxygen atoms in total. The van der Waals surface area contributed by atoms with Gasteiger partial charge < -0.3 is 14.7 Å². The molecule has 2 heterocycles. The van der Waals surface area contributed by atoms with Crippen LogP contribution >= 0.6 is 0 Å². The van der Waals surface area contributed by atoms with Crippen molar-refractivity contribution in [2.45, 2.75) is 44.9 Å². The average Bonchev–Trinajstić information content (AvgIpc) is 2.37. The van der Waals surface area contributed by atoms with Gasteiger partial charge in [0.15, 0.2) is 0 Å². The Bertz CT molecular complexity index is 267. The van der Waals surface area contributed by atoms with Gasteiger partial charge in [-0.3, -0.25) is 0 Å². The van der Waals surface area contributed by atoms with Gasteiger partial charge in [0.25, 0.3) is 0 Å². The molecule has 0 atom stereocenters. The summed E-state index contributed by atoms with van der Waals surface area (Å²) >= 11 is 0. The Hall–Kier alpha value is -0.120. The molecule has 104 valence electrons. The van der Waals surface area contributed by atoms with Crippen LogP contribution in [0.2, 0.25) is 0 Å². The van der Waals surface area contributed by atoms with Crippen LogP contribution in [0.1, 0.15) is 44.9 Å². The minimum atomic E-state index is 0.0665. The van der Waals surface area contributed by atoms with Crippen molar-refractivity contribution in [2.75, 3.05) is 39.5 Å². The van der Waals surface area contributed by atoms with Crippen molar-refractivity contribution < 1.29 is 9.84 Å². The van der Waals surface area contributed by atoms with Gasteiger partial charge >= 0.3 is 0 Å². The summed E-state index contributed by atoms with van der Waals surface area (Å²) in [7, 11) is 0. The molecule has 0 aromatic carbocycles. The van der Waals surface area contributed by atoms with Gasteiger partial charge in [-0.2, -0.15) is 0 Å². The van der Waals surface area contributed by atoms with E-state index in [9.17, 15) is 5.11 Å². The Morgan fingerprint density at radius 1 is 0.944 bits per heavy atom. The van der Waals surface area contributed by atoms with E-state index >= 15 is 0 Å². The number of aliphatic hydroxyl groups is 1. The van der Waals surface area contributed by atoms with Crippen LogP contribution in [0.25, 0.3) is 0 Å². The maximum absolute atomic E-state index is 9.50. The fraction of sp³-hybridized carbons (Fsp3) is 1.00. The largest absolute Gasteiger partial charge is 0.396 e. The maximum Gasteiger partial charge on any atom is 0.0579 e. The normalized spacial score (nSPS) is 31.2. The van der Waals surface area contributed by atoms with Crippen molar-refractivity contribution in [3.05, 3.63) is 0 Å². The minimum absolute atomic E-state index is 0.0665. The zero-order valence-electron chi connectivity index (χ0n) is 11.5. The van der Waals surface area contributed by atoms with E-state index in [-0.39, 0.29) is 12.0 Å². The van der Waals surface area contributed by atoms with Crippen LogP contribution in [-0.4, -0.2) is 49.5 Å². The lowest BCUT2D eigenvalue weighted by atomic mass is 9.68. The molecular formula is C15H27NO2. The minimum Gasteiger partial charge on any atom is -0.396 e. The monoisotopic (exact) mass is 253 g/mol. The van der Waals surface area contributed by atoms with Crippen LogP contribution in [0.4, 0.5) is 0 Å². The van der Waals surface area contributed by atoms with Crippen molar-refractivity contribution in [3.63, 3.8) is 0 Å². The molecule has 2 aliphatic heterocycles. The second-order valence-corrected chi connectivity index (χ2v) is 6.99. The Kier molecular flexibility index (Phi) is 3.65. The molecule has 0 unspecified atom stereocenters. The summed E-state index contributed by atoms with van der Waals surface area (Å²) in [5, 5.41) is 9.50. The second kappa shape index (κ2) is 5.10. The van der Waals surface area contributed by atoms with E-state index in [0.717, 1.165) is 19.8 Å². The van der Waals surface area contributed by atoms with Crippen LogP contribution in [0.15, 0.2) is 0 Å². The van der Waals surface area contributed by atoms with Crippen molar-refractivity contribution >= 4 is 0 Å². The highest BCUT2D eigenvalue weighted by molar-refractivity contribution is 4.93. The summed E-state index contributed by atoms with van der Waals surface area (Å²) in [4.78, 5) is 2.57. The molecule has 2 saturated heterocycles. The molecule has 1 N–H and O–H groups in total. The lowest BCUT2D eigenvalue weighted by Gasteiger charge is -2.48. The van der Waals surface area contributed by atoms with E-state index in [4.69, 9.17) is 4.74 Å². The Labute approximate surface area is 110 Å². The topological polar surface area (TPSA) is 32.7 Å². The number of likely N-dealkylation sites (tertiary alicyclic amines) is 1. The predicted octanol–water partition coefficient (Wildman–Crippen LogP) is 2.04. The molecule has 1 saturated carbocycles. The highest BCUT2D eigenvalue weighted by Gasteiger charge is 2.42. The van der Waals surface area contributed by atoms with Crippen molar-refractivity contribution in [1.29, 1.82) is 0 Å². The van der Waals surface area contributed by atoms with E-state index in [2.05, 4.69) is 4.90 Å². The molecule has 3 fully saturated rings. The van der Waals surface area contributed by atoms with Gasteiger partial charge in [-0.1, -0.05) is 19.3 Å². The summed E-state index contributed by atoms with van der Waals surface area (Å²) in [5.74, 6) is 0. The third kappa shape index (κ3) is 2.45. The number of ether oxygens (including phenoxy) is 1. The smallest absolute Gasteiger partial charge is 0.0579 e. The first kappa shape index (κ1) is 12.9. The molecule has 0 aromatic heterocycles. The van der Waals surface area contributed by atoms with Crippen LogP contribution in [-0.2, 0) is 4.74 Å². The lowest BCUT2D eigenvalue weighted by molar-refractivity contribution is -0.151. The molecule has 18 heavy (non-hydrogen) atoms. The van der Waals surface area contributed by atoms with Crippen molar-refractivity contribution in [1.82, 2.24) is 4.90 Å². The third-order valence-corrected chi connectivity index (χ3v) is 5.54. The zero-order chi connectivity index (χ0) is 12.5. The zero-order valence-corrected chi connectivity index (χ0v) is 11.5. The molecule has 3 rings (SSSR count). The summed E-state index contributed by atoms with van der Waals surface area (Å²) in [6, 6.07) is 0. The molecule has 1 aliphatic carbocycles. The van der Waals surface area contributed by atoms with Gasteiger partial charge in [-0.15, -0.1) is 0 Å². The Morgan fingerprint density at radius 2 is 1.61 bits per heavy atom. The summed E-state index contributed by atoms with van der Waals surface area (Å²) in [6.45, 7) is 5.31. The highest BCUT2D eigenvalue weighted by atomic mass is 16.5. The number of nitrogens with zero attached hydrogens (tertiary/aromatic N) is 1. The lowest BCUT2D eigenvalue weighted by Crippen LogP contribution is -2.55. The first-order valence-corrected chi connectivity index (χ1v) is 7.67. The number of aliphatic hydroxyl groups excluding tert-OH is 1. The number of piperidine rings is 1. The first-order chi connectivity index (χ1) is 8.76. The average molecular weight is 253 g/mol. The Morgan fingerprint density at radius 3 is 2.11 bits per heavy atom. The van der Waals surface area contributed by atoms with Crippen LogP contribution in [0.3, 0.4) is 0 Å². The van der Waals surface area contributed by atoms with Gasteiger partial charge in [0.2, 0.25) is 0 Å². The summed E-state index contributed by atoms with van der Waals surface area (Å²) in [6.07, 6.45) is 10.1. The highest BCUT2D eigenvalue weighted by Crippen LogP contribution is 2.45. The second-order valence-electron chi connectivity index (χ2n) is 6.99. The fourth-order valence-corrected chi connectivity index (χ4v) is 4.08. The van der Waals surface area contributed by atoms with Gasteiger partial charge in [0.05, 0.1) is 25.2 Å². The third-order valence-electron chi connectivity index (χ3n) is 5.54. The van der Waals surface area contributed by atoms with Crippen LogP contribution in [0, 0.1) is 10.8 Å². The van der Waals surface area contributed by atoms with Gasteiger partial charge in [-0.05, 0) is 44.2 Å². The van der Waals surface area contributed by atoms with Crippen LogP contribution < -0.4 is 0 Å². The fourth-order valence-electron chi connectivity index (χ4n) is 4.08. The number of rotatable bonds is 3. The molecule has 0 radical (unpaired) electrons. The molecule has 0 bridgehead atoms. The van der Waals surface area contributed by atoms with E-state index in [1.807, 2.05) is 0 Å². The first-order valence-electron chi connectivity index (χ1n) is 7.67. The maximum atomic E-state index is 9.50. The van der Waals surface area contributed by atoms with E-state index in [1.54, 1.807) is 0 Å². The number of hydrogen-bond donors (Lipinski definition) is 1. The molecule has 1 spiro atoms. The standard InChI is InChI=1S/C15H27NO2/c17-11-15(12-18-13-15)10-16-8-6-14(7-9-16)4-2-1-3-5-14/h17H,1-13H2. The van der Waals surface area contributed by atoms with Gasteiger partial charge in [0, 0.05) is 6.54 Å². The molecule has 0 amide bonds. The quantitative estimate of drug-likeness (QED) is 0.835. The predicted molar refractivity (Wildman–Crippen MR) is 71.5 cm³/mol. The van der Waals surface area contributed by atoms with Gasteiger partial charge in [-0.25, -0.2) is 0 Å².